The first-order valence-corrected chi connectivity index (χ1v) is 9.72. The third-order valence-electron chi connectivity index (χ3n) is 5.65. The van der Waals surface area contributed by atoms with Crippen molar-refractivity contribution in [2.75, 3.05) is 37.7 Å². The van der Waals surface area contributed by atoms with E-state index in [0.717, 1.165) is 62.2 Å². The van der Waals surface area contributed by atoms with E-state index in [0.29, 0.717) is 12.0 Å². The number of hydrogen-bond acceptors (Lipinski definition) is 5. The second-order valence-electron chi connectivity index (χ2n) is 7.77. The van der Waals surface area contributed by atoms with Gasteiger partial charge in [-0.05, 0) is 37.3 Å². The Balaban J connectivity index is 1.41. The van der Waals surface area contributed by atoms with Gasteiger partial charge >= 0.3 is 0 Å². The molecule has 0 unspecified atom stereocenters. The Labute approximate surface area is 159 Å². The SMILES string of the molecule is Cc1ccc(CN2C[C@H]3COC[C@@H]2CN(c2ccc4ccccc4n2)C3)o1. The second-order valence-corrected chi connectivity index (χ2v) is 7.77. The first kappa shape index (κ1) is 16.8. The van der Waals surface area contributed by atoms with E-state index in [9.17, 15) is 0 Å². The summed E-state index contributed by atoms with van der Waals surface area (Å²) < 4.78 is 11.8. The summed E-state index contributed by atoms with van der Waals surface area (Å²) >= 11 is 0. The van der Waals surface area contributed by atoms with Crippen molar-refractivity contribution in [3.63, 3.8) is 0 Å². The topological polar surface area (TPSA) is 41.7 Å². The standard InChI is InChI=1S/C22H25N3O2/c1-16-6-8-20(27-16)13-24-10-17-11-25(12-19(24)15-26-14-17)22-9-7-18-4-2-3-5-21(18)23-22/h2-9,17,19H,10-15H2,1H3/t17-,19+/m1/s1. The molecule has 2 aromatic heterocycles. The number of pyridine rings is 1. The summed E-state index contributed by atoms with van der Waals surface area (Å²) in [5.74, 6) is 3.56. The average molecular weight is 363 g/mol. The van der Waals surface area contributed by atoms with Gasteiger partial charge in [0.25, 0.3) is 0 Å². The fourth-order valence-corrected chi connectivity index (χ4v) is 4.31. The summed E-state index contributed by atoms with van der Waals surface area (Å²) in [4.78, 5) is 9.90. The Morgan fingerprint density at radius 2 is 1.93 bits per heavy atom. The molecule has 3 aromatic rings. The summed E-state index contributed by atoms with van der Waals surface area (Å²) in [6, 6.07) is 17.1. The zero-order valence-electron chi connectivity index (χ0n) is 15.7. The Hall–Kier alpha value is -2.37. The highest BCUT2D eigenvalue weighted by Gasteiger charge is 2.34. The van der Waals surface area contributed by atoms with Crippen molar-refractivity contribution in [2.24, 2.45) is 5.92 Å². The molecule has 1 aromatic carbocycles. The summed E-state index contributed by atoms with van der Waals surface area (Å²) in [6.07, 6.45) is 0. The van der Waals surface area contributed by atoms with Crippen molar-refractivity contribution >= 4 is 16.7 Å². The Kier molecular flexibility index (Phi) is 4.34. The zero-order chi connectivity index (χ0) is 18.2. The van der Waals surface area contributed by atoms with E-state index in [2.05, 4.69) is 52.3 Å². The number of furan rings is 1. The smallest absolute Gasteiger partial charge is 0.129 e. The van der Waals surface area contributed by atoms with Crippen molar-refractivity contribution in [2.45, 2.75) is 19.5 Å². The molecule has 2 aliphatic rings. The molecule has 2 bridgehead atoms. The van der Waals surface area contributed by atoms with Gasteiger partial charge in [0, 0.05) is 30.9 Å². The fourth-order valence-electron chi connectivity index (χ4n) is 4.31. The molecule has 0 spiro atoms. The fraction of sp³-hybridized carbons (Fsp3) is 0.409. The van der Waals surface area contributed by atoms with Crippen LogP contribution in [-0.4, -0.2) is 48.8 Å². The molecular weight excluding hydrogens is 338 g/mol. The van der Waals surface area contributed by atoms with Crippen molar-refractivity contribution in [3.05, 3.63) is 60.1 Å². The normalized spacial score (nSPS) is 23.5. The lowest BCUT2D eigenvalue weighted by atomic mass is 10.1. The molecule has 27 heavy (non-hydrogen) atoms. The number of benzene rings is 1. The maximum absolute atomic E-state index is 5.97. The molecule has 2 aliphatic heterocycles. The number of fused-ring (bicyclic) bond motifs is 4. The van der Waals surface area contributed by atoms with Gasteiger partial charge in [-0.2, -0.15) is 0 Å². The van der Waals surface area contributed by atoms with E-state index in [1.807, 2.05) is 13.0 Å². The average Bonchev–Trinajstić information content (AvgIpc) is 2.88. The minimum atomic E-state index is 0.344. The highest BCUT2D eigenvalue weighted by atomic mass is 16.5. The van der Waals surface area contributed by atoms with E-state index in [4.69, 9.17) is 14.1 Å². The summed E-state index contributed by atoms with van der Waals surface area (Å²) in [6.45, 7) is 7.37. The number of aromatic nitrogens is 1. The van der Waals surface area contributed by atoms with Crippen LogP contribution in [-0.2, 0) is 11.3 Å². The molecule has 140 valence electrons. The number of aryl methyl sites for hydroxylation is 1. The molecule has 0 amide bonds. The number of nitrogens with zero attached hydrogens (tertiary/aromatic N) is 3. The van der Waals surface area contributed by atoms with Crippen LogP contribution in [0.3, 0.4) is 0 Å². The first-order chi connectivity index (χ1) is 13.2. The van der Waals surface area contributed by atoms with Crippen molar-refractivity contribution in [1.29, 1.82) is 0 Å². The molecular formula is C22H25N3O2. The van der Waals surface area contributed by atoms with Crippen LogP contribution in [0.15, 0.2) is 52.9 Å². The lowest BCUT2D eigenvalue weighted by Gasteiger charge is -2.31. The maximum atomic E-state index is 5.97. The monoisotopic (exact) mass is 363 g/mol. The molecule has 2 atom stereocenters. The van der Waals surface area contributed by atoms with Gasteiger partial charge in [0.1, 0.15) is 17.3 Å². The van der Waals surface area contributed by atoms with E-state index in [1.54, 1.807) is 0 Å². The van der Waals surface area contributed by atoms with E-state index in [-0.39, 0.29) is 0 Å². The van der Waals surface area contributed by atoms with Gasteiger partial charge < -0.3 is 14.1 Å². The lowest BCUT2D eigenvalue weighted by molar-refractivity contribution is 0.0856. The number of rotatable bonds is 3. The summed E-state index contributed by atoms with van der Waals surface area (Å²) in [5, 5.41) is 1.19. The number of hydrogen-bond donors (Lipinski definition) is 0. The van der Waals surface area contributed by atoms with Crippen LogP contribution < -0.4 is 4.90 Å². The van der Waals surface area contributed by atoms with E-state index >= 15 is 0 Å². The van der Waals surface area contributed by atoms with Gasteiger partial charge in [-0.3, -0.25) is 4.90 Å². The van der Waals surface area contributed by atoms with Crippen molar-refractivity contribution in [3.8, 4) is 0 Å². The van der Waals surface area contributed by atoms with Crippen molar-refractivity contribution in [1.82, 2.24) is 9.88 Å². The molecule has 0 saturated carbocycles. The Morgan fingerprint density at radius 1 is 1.00 bits per heavy atom. The summed E-state index contributed by atoms with van der Waals surface area (Å²) in [7, 11) is 0. The predicted molar refractivity (Wildman–Crippen MR) is 106 cm³/mol. The van der Waals surface area contributed by atoms with Crippen LogP contribution in [0.5, 0.6) is 0 Å². The molecule has 4 heterocycles. The molecule has 2 fully saturated rings. The van der Waals surface area contributed by atoms with Crippen LogP contribution in [0.1, 0.15) is 11.5 Å². The molecule has 5 nitrogen and oxygen atoms in total. The number of ether oxygens (including phenoxy) is 1. The van der Waals surface area contributed by atoms with Crippen LogP contribution in [0.25, 0.3) is 10.9 Å². The quantitative estimate of drug-likeness (QED) is 0.713. The number of para-hydroxylation sites is 1. The van der Waals surface area contributed by atoms with Gasteiger partial charge in [0.2, 0.25) is 0 Å². The molecule has 0 aliphatic carbocycles. The highest BCUT2D eigenvalue weighted by molar-refractivity contribution is 5.80. The Morgan fingerprint density at radius 3 is 2.81 bits per heavy atom. The van der Waals surface area contributed by atoms with Crippen LogP contribution in [0.4, 0.5) is 5.82 Å². The largest absolute Gasteiger partial charge is 0.465 e. The molecule has 0 radical (unpaired) electrons. The molecule has 5 heteroatoms. The van der Waals surface area contributed by atoms with Crippen LogP contribution in [0, 0.1) is 12.8 Å². The minimum Gasteiger partial charge on any atom is -0.465 e. The predicted octanol–water partition coefficient (Wildman–Crippen LogP) is 3.47. The van der Waals surface area contributed by atoms with Gasteiger partial charge in [-0.1, -0.05) is 18.2 Å². The van der Waals surface area contributed by atoms with Gasteiger partial charge in [0.15, 0.2) is 0 Å². The van der Waals surface area contributed by atoms with E-state index < -0.39 is 0 Å². The Bertz CT molecular complexity index is 938. The second kappa shape index (κ2) is 6.98. The number of anilines is 1. The summed E-state index contributed by atoms with van der Waals surface area (Å²) in [5.41, 5.74) is 1.06. The van der Waals surface area contributed by atoms with Crippen LogP contribution in [0.2, 0.25) is 0 Å². The lowest BCUT2D eigenvalue weighted by Crippen LogP contribution is -2.43. The van der Waals surface area contributed by atoms with Crippen LogP contribution >= 0.6 is 0 Å². The first-order valence-electron chi connectivity index (χ1n) is 9.72. The zero-order valence-corrected chi connectivity index (χ0v) is 15.7. The minimum absolute atomic E-state index is 0.344. The third kappa shape index (κ3) is 3.45. The molecule has 5 rings (SSSR count). The molecule has 2 saturated heterocycles. The van der Waals surface area contributed by atoms with Crippen molar-refractivity contribution < 1.29 is 9.15 Å². The van der Waals surface area contributed by atoms with Gasteiger partial charge in [-0.25, -0.2) is 4.98 Å². The van der Waals surface area contributed by atoms with Gasteiger partial charge in [-0.15, -0.1) is 0 Å². The van der Waals surface area contributed by atoms with Gasteiger partial charge in [0.05, 0.1) is 31.3 Å². The maximum Gasteiger partial charge on any atom is 0.129 e. The third-order valence-corrected chi connectivity index (χ3v) is 5.65. The van der Waals surface area contributed by atoms with E-state index in [1.165, 1.54) is 5.39 Å². The molecule has 0 N–H and O–H groups in total. The highest BCUT2D eigenvalue weighted by Crippen LogP contribution is 2.26.